The van der Waals surface area contributed by atoms with E-state index in [0.717, 1.165) is 19.0 Å². The van der Waals surface area contributed by atoms with Crippen molar-refractivity contribution in [2.24, 2.45) is 5.92 Å². The second kappa shape index (κ2) is 9.12. The summed E-state index contributed by atoms with van der Waals surface area (Å²) in [5.74, 6) is -0.771. The van der Waals surface area contributed by atoms with Crippen molar-refractivity contribution in [3.8, 4) is 0 Å². The third-order valence-corrected chi connectivity index (χ3v) is 6.70. The molecule has 0 aliphatic carbocycles. The summed E-state index contributed by atoms with van der Waals surface area (Å²) in [6, 6.07) is 4.30. The van der Waals surface area contributed by atoms with Crippen LogP contribution in [0.3, 0.4) is 0 Å². The fourth-order valence-corrected chi connectivity index (χ4v) is 4.71. The molecule has 10 nitrogen and oxygen atoms in total. The molecular formula is C25H29FN6O4. The maximum atomic E-state index is 13.6. The number of carbonyl (C=O) groups excluding carboxylic acids is 2. The minimum Gasteiger partial charge on any atom is -0.381 e. The molecular weight excluding hydrogens is 467 g/mol. The van der Waals surface area contributed by atoms with Crippen molar-refractivity contribution in [1.82, 2.24) is 24.1 Å². The summed E-state index contributed by atoms with van der Waals surface area (Å²) in [6.07, 6.45) is 2.72. The predicted octanol–water partition coefficient (Wildman–Crippen LogP) is 2.35. The van der Waals surface area contributed by atoms with Crippen LogP contribution in [0.25, 0.3) is 5.65 Å². The zero-order valence-electron chi connectivity index (χ0n) is 20.6. The highest BCUT2D eigenvalue weighted by atomic mass is 19.1. The van der Waals surface area contributed by atoms with Crippen LogP contribution in [-0.2, 0) is 28.0 Å². The molecule has 1 fully saturated rings. The van der Waals surface area contributed by atoms with E-state index in [0.29, 0.717) is 42.6 Å². The molecule has 5 rings (SSSR count). The highest BCUT2D eigenvalue weighted by Crippen LogP contribution is 2.28. The lowest BCUT2D eigenvalue weighted by molar-refractivity contribution is -0.116. The second-order valence-corrected chi connectivity index (χ2v) is 10.4. The van der Waals surface area contributed by atoms with E-state index in [1.165, 1.54) is 16.6 Å². The molecule has 2 aliphatic rings. The van der Waals surface area contributed by atoms with Crippen molar-refractivity contribution in [1.29, 1.82) is 0 Å². The molecule has 3 aromatic heterocycles. The Labute approximate surface area is 207 Å². The normalized spacial score (nSPS) is 16.6. The molecule has 0 aromatic carbocycles. The quantitative estimate of drug-likeness (QED) is 0.581. The summed E-state index contributed by atoms with van der Waals surface area (Å²) >= 11 is 0. The summed E-state index contributed by atoms with van der Waals surface area (Å²) in [4.78, 5) is 45.6. The van der Waals surface area contributed by atoms with Gasteiger partial charge in [0.2, 0.25) is 5.91 Å². The van der Waals surface area contributed by atoms with Gasteiger partial charge in [0.05, 0.1) is 24.0 Å². The molecule has 0 radical (unpaired) electrons. The summed E-state index contributed by atoms with van der Waals surface area (Å²) in [6.45, 7) is 7.71. The second-order valence-electron chi connectivity index (χ2n) is 10.4. The summed E-state index contributed by atoms with van der Waals surface area (Å²) in [7, 11) is 0. The van der Waals surface area contributed by atoms with Crippen LogP contribution in [0.15, 0.2) is 29.2 Å². The fraction of sp³-hybridized carbons (Fsp3) is 0.480. The van der Waals surface area contributed by atoms with Crippen LogP contribution in [0.4, 0.5) is 10.2 Å². The van der Waals surface area contributed by atoms with E-state index in [2.05, 4.69) is 15.4 Å². The molecule has 11 heteroatoms. The highest BCUT2D eigenvalue weighted by molar-refractivity contribution is 5.98. The highest BCUT2D eigenvalue weighted by Gasteiger charge is 2.37. The first-order valence-corrected chi connectivity index (χ1v) is 12.1. The lowest BCUT2D eigenvalue weighted by Gasteiger charge is -2.26. The molecule has 0 atom stereocenters. The van der Waals surface area contributed by atoms with Crippen molar-refractivity contribution in [2.45, 2.75) is 52.1 Å². The van der Waals surface area contributed by atoms with Gasteiger partial charge in [0.15, 0.2) is 0 Å². The number of amides is 2. The van der Waals surface area contributed by atoms with Gasteiger partial charge in [-0.15, -0.1) is 0 Å². The molecule has 5 heterocycles. The topological polar surface area (TPSA) is 111 Å². The Morgan fingerprint density at radius 3 is 2.64 bits per heavy atom. The number of nitrogens with one attached hydrogen (secondary N) is 1. The van der Waals surface area contributed by atoms with Crippen LogP contribution < -0.4 is 10.9 Å². The molecule has 2 aliphatic heterocycles. The Morgan fingerprint density at radius 2 is 1.97 bits per heavy atom. The van der Waals surface area contributed by atoms with Gasteiger partial charge in [-0.05, 0) is 30.9 Å². The van der Waals surface area contributed by atoms with Crippen molar-refractivity contribution < 1.29 is 18.7 Å². The molecule has 0 bridgehead atoms. The van der Waals surface area contributed by atoms with Crippen LogP contribution in [0.2, 0.25) is 0 Å². The Balaban J connectivity index is 1.54. The van der Waals surface area contributed by atoms with E-state index < -0.39 is 11.7 Å². The lowest BCUT2D eigenvalue weighted by atomic mass is 9.93. The van der Waals surface area contributed by atoms with Gasteiger partial charge in [0.1, 0.15) is 29.5 Å². The van der Waals surface area contributed by atoms with Gasteiger partial charge in [0, 0.05) is 31.2 Å². The minimum absolute atomic E-state index is 0.173. The number of hydrogen-bond donors (Lipinski definition) is 1. The average molecular weight is 497 g/mol. The van der Waals surface area contributed by atoms with E-state index >= 15 is 0 Å². The van der Waals surface area contributed by atoms with Crippen LogP contribution >= 0.6 is 0 Å². The number of pyridine rings is 1. The number of nitrogens with zero attached hydrogens (tertiary/aromatic N) is 5. The van der Waals surface area contributed by atoms with E-state index in [1.807, 2.05) is 20.8 Å². The molecule has 2 amide bonds. The van der Waals surface area contributed by atoms with E-state index in [4.69, 9.17) is 4.74 Å². The number of ether oxygens (including phenoxy) is 1. The van der Waals surface area contributed by atoms with Crippen molar-refractivity contribution in [3.63, 3.8) is 0 Å². The molecule has 36 heavy (non-hydrogen) atoms. The standard InChI is InChI=1S/C25H29FN6O4/c1-25(2,3)18-10-21-31(14-20(33)28-19-5-4-16(26)11-27-19)22-17(23(34)32(21)29-18)13-30(24(22)35)12-15-6-8-36-9-7-15/h4-5,10-11,15H,6-9,12-14H2,1-3H3,(H,27,28,33). The molecule has 190 valence electrons. The number of halogens is 1. The third-order valence-electron chi connectivity index (χ3n) is 6.70. The maximum Gasteiger partial charge on any atom is 0.280 e. The lowest BCUT2D eigenvalue weighted by Crippen LogP contribution is -2.33. The molecule has 3 aromatic rings. The summed E-state index contributed by atoms with van der Waals surface area (Å²) < 4.78 is 21.5. The molecule has 1 N–H and O–H groups in total. The third kappa shape index (κ3) is 4.50. The Hall–Kier alpha value is -3.60. The van der Waals surface area contributed by atoms with Gasteiger partial charge in [-0.25, -0.2) is 9.37 Å². The number of carbonyl (C=O) groups is 2. The van der Waals surface area contributed by atoms with E-state index in [9.17, 15) is 18.8 Å². The Morgan fingerprint density at radius 1 is 1.22 bits per heavy atom. The fourth-order valence-electron chi connectivity index (χ4n) is 4.71. The van der Waals surface area contributed by atoms with Gasteiger partial charge in [-0.2, -0.15) is 9.61 Å². The average Bonchev–Trinajstić information content (AvgIpc) is 3.42. The SMILES string of the molecule is CC(C)(C)c1cc2n(CC(=O)Nc3ccc(F)cn3)c3c(c(=O)n2n1)CN(CC1CCOCC1)C3=O. The predicted molar refractivity (Wildman–Crippen MR) is 129 cm³/mol. The number of anilines is 1. The first kappa shape index (κ1) is 24.1. The van der Waals surface area contributed by atoms with Gasteiger partial charge in [0.25, 0.3) is 11.5 Å². The van der Waals surface area contributed by atoms with E-state index in [-0.39, 0.29) is 41.5 Å². The number of fused-ring (bicyclic) bond motifs is 2. The maximum absolute atomic E-state index is 13.6. The number of aromatic nitrogens is 4. The molecule has 0 spiro atoms. The van der Waals surface area contributed by atoms with Crippen LogP contribution in [0.5, 0.6) is 0 Å². The van der Waals surface area contributed by atoms with Crippen LogP contribution in [-0.4, -0.2) is 55.6 Å². The van der Waals surface area contributed by atoms with Gasteiger partial charge >= 0.3 is 0 Å². The molecule has 0 saturated carbocycles. The van der Waals surface area contributed by atoms with Gasteiger partial charge < -0.3 is 19.5 Å². The monoisotopic (exact) mass is 496 g/mol. The minimum atomic E-state index is -0.517. The first-order chi connectivity index (χ1) is 17.1. The van der Waals surface area contributed by atoms with Crippen molar-refractivity contribution in [2.75, 3.05) is 25.1 Å². The van der Waals surface area contributed by atoms with E-state index in [1.54, 1.807) is 15.5 Å². The Kier molecular flexibility index (Phi) is 6.11. The Bertz CT molecular complexity index is 1380. The van der Waals surface area contributed by atoms with Crippen molar-refractivity contribution >= 4 is 23.3 Å². The van der Waals surface area contributed by atoms with Crippen LogP contribution in [0, 0.1) is 11.7 Å². The summed E-state index contributed by atoms with van der Waals surface area (Å²) in [5.41, 5.74) is 0.879. The summed E-state index contributed by atoms with van der Waals surface area (Å²) in [5, 5.41) is 7.17. The van der Waals surface area contributed by atoms with Crippen LogP contribution in [0.1, 0.15) is 55.4 Å². The number of rotatable bonds is 5. The smallest absolute Gasteiger partial charge is 0.280 e. The number of hydrogen-bond acceptors (Lipinski definition) is 6. The molecule has 0 unspecified atom stereocenters. The zero-order valence-corrected chi connectivity index (χ0v) is 20.6. The zero-order chi connectivity index (χ0) is 25.6. The molecule has 1 saturated heterocycles. The van der Waals surface area contributed by atoms with Gasteiger partial charge in [-0.3, -0.25) is 14.4 Å². The van der Waals surface area contributed by atoms with Crippen molar-refractivity contribution in [3.05, 3.63) is 57.5 Å². The first-order valence-electron chi connectivity index (χ1n) is 12.1. The largest absolute Gasteiger partial charge is 0.381 e. The van der Waals surface area contributed by atoms with Gasteiger partial charge in [-0.1, -0.05) is 20.8 Å².